The topological polar surface area (TPSA) is 94.2 Å². The zero-order valence-corrected chi connectivity index (χ0v) is 26.3. The first kappa shape index (κ1) is 28.8. The summed E-state index contributed by atoms with van der Waals surface area (Å²) in [5, 5.41) is 9.28. The fraction of sp³-hybridized carbons (Fsp3) is 0.343. The van der Waals surface area contributed by atoms with Crippen molar-refractivity contribution in [2.45, 2.75) is 32.6 Å². The molecular formula is C35H38N8O2. The van der Waals surface area contributed by atoms with E-state index in [1.807, 2.05) is 46.9 Å². The molecule has 3 aromatic heterocycles. The maximum atomic E-state index is 11.8. The molecule has 1 aliphatic carbocycles. The number of rotatable bonds is 7. The van der Waals surface area contributed by atoms with Crippen LogP contribution in [-0.4, -0.2) is 73.6 Å². The number of nitrogens with zero attached hydrogens (tertiary/aromatic N) is 8. The average molecular weight is 603 g/mol. The molecule has 1 amide bonds. The van der Waals surface area contributed by atoms with Gasteiger partial charge in [0.1, 0.15) is 11.6 Å². The van der Waals surface area contributed by atoms with Gasteiger partial charge in [-0.2, -0.15) is 10.2 Å². The highest BCUT2D eigenvalue weighted by molar-refractivity contribution is 5.74. The third-order valence-corrected chi connectivity index (χ3v) is 9.07. The van der Waals surface area contributed by atoms with E-state index in [0.717, 1.165) is 108 Å². The van der Waals surface area contributed by atoms with Gasteiger partial charge in [-0.1, -0.05) is 30.3 Å². The molecule has 0 N–H and O–H groups in total. The number of methoxy groups -OCH3 is 1. The SMILES string of the molecule is COc1cc(N2CCN(C(C)=O)CC2)ccc1Cc1ncc2c(n1)-c1c(nn(C)c1Cc1cccc(-c3cnn(C)c3)c1)CC2. The number of ether oxygens (including phenoxy) is 1. The molecule has 4 heterocycles. The first-order valence-electron chi connectivity index (χ1n) is 15.5. The van der Waals surface area contributed by atoms with Gasteiger partial charge in [0.05, 0.1) is 30.4 Å². The normalized spacial score (nSPS) is 14.3. The largest absolute Gasteiger partial charge is 0.496 e. The van der Waals surface area contributed by atoms with Crippen molar-refractivity contribution in [3.05, 3.63) is 95.0 Å². The van der Waals surface area contributed by atoms with Crippen LogP contribution < -0.4 is 9.64 Å². The fourth-order valence-electron chi connectivity index (χ4n) is 6.60. The number of carbonyl (C=O) groups is 1. The second-order valence-corrected chi connectivity index (χ2v) is 12.0. The van der Waals surface area contributed by atoms with Gasteiger partial charge in [0.2, 0.25) is 5.91 Å². The highest BCUT2D eigenvalue weighted by Crippen LogP contribution is 2.36. The van der Waals surface area contributed by atoms with Crippen LogP contribution in [0.1, 0.15) is 40.8 Å². The molecule has 0 spiro atoms. The molecule has 2 aliphatic rings. The molecule has 0 atom stereocenters. The highest BCUT2D eigenvalue weighted by atomic mass is 16.5. The van der Waals surface area contributed by atoms with Gasteiger partial charge >= 0.3 is 0 Å². The van der Waals surface area contributed by atoms with E-state index in [1.54, 1.807) is 14.0 Å². The van der Waals surface area contributed by atoms with E-state index < -0.39 is 0 Å². The van der Waals surface area contributed by atoms with Crippen LogP contribution >= 0.6 is 0 Å². The van der Waals surface area contributed by atoms with Crippen LogP contribution in [0.4, 0.5) is 5.69 Å². The van der Waals surface area contributed by atoms with Crippen molar-refractivity contribution in [3.8, 4) is 28.1 Å². The van der Waals surface area contributed by atoms with E-state index in [2.05, 4.69) is 52.5 Å². The van der Waals surface area contributed by atoms with Crippen molar-refractivity contribution in [3.63, 3.8) is 0 Å². The Morgan fingerprint density at radius 2 is 1.80 bits per heavy atom. The Labute approximate surface area is 263 Å². The summed E-state index contributed by atoms with van der Waals surface area (Å²) in [5.74, 6) is 1.71. The van der Waals surface area contributed by atoms with Gasteiger partial charge < -0.3 is 14.5 Å². The third kappa shape index (κ3) is 5.68. The molecule has 230 valence electrons. The minimum absolute atomic E-state index is 0.133. The molecule has 10 heteroatoms. The number of hydrogen-bond acceptors (Lipinski definition) is 7. The lowest BCUT2D eigenvalue weighted by atomic mass is 9.91. The van der Waals surface area contributed by atoms with E-state index in [9.17, 15) is 4.79 Å². The van der Waals surface area contributed by atoms with Crippen molar-refractivity contribution in [1.82, 2.24) is 34.4 Å². The van der Waals surface area contributed by atoms with E-state index in [-0.39, 0.29) is 5.91 Å². The van der Waals surface area contributed by atoms with E-state index in [0.29, 0.717) is 6.42 Å². The van der Waals surface area contributed by atoms with E-state index >= 15 is 0 Å². The van der Waals surface area contributed by atoms with Crippen molar-refractivity contribution in [2.24, 2.45) is 14.1 Å². The predicted octanol–water partition coefficient (Wildman–Crippen LogP) is 4.23. The number of benzene rings is 2. The second-order valence-electron chi connectivity index (χ2n) is 12.0. The van der Waals surface area contributed by atoms with Crippen LogP contribution in [0, 0.1) is 0 Å². The van der Waals surface area contributed by atoms with E-state index in [1.165, 1.54) is 5.56 Å². The summed E-state index contributed by atoms with van der Waals surface area (Å²) in [7, 11) is 5.68. The molecule has 2 aromatic carbocycles. The molecule has 7 rings (SSSR count). The Kier molecular flexibility index (Phi) is 7.56. The van der Waals surface area contributed by atoms with Crippen LogP contribution in [0.5, 0.6) is 5.75 Å². The molecule has 0 unspecified atom stereocenters. The summed E-state index contributed by atoms with van der Waals surface area (Å²) in [4.78, 5) is 25.9. The summed E-state index contributed by atoms with van der Waals surface area (Å²) < 4.78 is 9.70. The maximum absolute atomic E-state index is 11.8. The fourth-order valence-corrected chi connectivity index (χ4v) is 6.60. The molecule has 45 heavy (non-hydrogen) atoms. The molecular weight excluding hydrogens is 564 g/mol. The molecule has 1 fully saturated rings. The molecule has 10 nitrogen and oxygen atoms in total. The van der Waals surface area contributed by atoms with Crippen LogP contribution in [0.2, 0.25) is 0 Å². The summed E-state index contributed by atoms with van der Waals surface area (Å²) in [6.45, 7) is 4.71. The molecule has 0 saturated carbocycles. The summed E-state index contributed by atoms with van der Waals surface area (Å²) in [6.07, 6.45) is 9.01. The molecule has 1 saturated heterocycles. The van der Waals surface area contributed by atoms with Gasteiger partial charge in [0.15, 0.2) is 0 Å². The monoisotopic (exact) mass is 602 g/mol. The molecule has 0 bridgehead atoms. The van der Waals surface area contributed by atoms with Gasteiger partial charge in [-0.25, -0.2) is 9.97 Å². The predicted molar refractivity (Wildman–Crippen MR) is 173 cm³/mol. The number of aryl methyl sites for hydroxylation is 4. The Bertz CT molecular complexity index is 1880. The minimum atomic E-state index is 0.133. The lowest BCUT2D eigenvalue weighted by molar-refractivity contribution is -0.129. The van der Waals surface area contributed by atoms with Crippen molar-refractivity contribution < 1.29 is 9.53 Å². The molecule has 5 aromatic rings. The lowest BCUT2D eigenvalue weighted by Gasteiger charge is -2.35. The van der Waals surface area contributed by atoms with Crippen LogP contribution in [0.15, 0.2) is 61.1 Å². The van der Waals surface area contributed by atoms with Crippen molar-refractivity contribution in [1.29, 1.82) is 0 Å². The quantitative estimate of drug-likeness (QED) is 0.275. The zero-order valence-electron chi connectivity index (χ0n) is 26.3. The van der Waals surface area contributed by atoms with E-state index in [4.69, 9.17) is 19.8 Å². The molecule has 0 radical (unpaired) electrons. The highest BCUT2D eigenvalue weighted by Gasteiger charge is 2.27. The van der Waals surface area contributed by atoms with Gasteiger partial charge in [0.25, 0.3) is 0 Å². The number of hydrogen-bond donors (Lipinski definition) is 0. The first-order chi connectivity index (χ1) is 21.9. The second kappa shape index (κ2) is 11.8. The van der Waals surface area contributed by atoms with Crippen molar-refractivity contribution in [2.75, 3.05) is 38.2 Å². The standard InChI is InChI=1S/C35H38N8O2/c1-23(44)42-12-14-43(15-13-42)29-10-8-26(32(19-29)45-4)18-33-36-20-27-9-11-30-34(35(27)38-33)31(41(3)39-30)17-24-6-5-7-25(16-24)28-21-37-40(2)22-28/h5-8,10,16,19-22H,9,11-15,17-18H2,1-4H3. The molecule has 1 aliphatic heterocycles. The Hall–Kier alpha value is -4.99. The number of anilines is 1. The van der Waals surface area contributed by atoms with Gasteiger partial charge in [-0.15, -0.1) is 0 Å². The smallest absolute Gasteiger partial charge is 0.219 e. The number of piperazine rings is 1. The van der Waals surface area contributed by atoms with Gasteiger partial charge in [-0.3, -0.25) is 14.2 Å². The van der Waals surface area contributed by atoms with Gasteiger partial charge in [0, 0.05) is 101 Å². The van der Waals surface area contributed by atoms with Gasteiger partial charge in [-0.05, 0) is 35.6 Å². The summed E-state index contributed by atoms with van der Waals surface area (Å²) >= 11 is 0. The van der Waals surface area contributed by atoms with Crippen molar-refractivity contribution >= 4 is 11.6 Å². The van der Waals surface area contributed by atoms with Crippen LogP contribution in [0.25, 0.3) is 22.4 Å². The Morgan fingerprint density at radius 3 is 2.56 bits per heavy atom. The zero-order chi connectivity index (χ0) is 31.1. The number of amides is 1. The average Bonchev–Trinajstić information content (AvgIpc) is 3.63. The first-order valence-corrected chi connectivity index (χ1v) is 15.5. The lowest BCUT2D eigenvalue weighted by Crippen LogP contribution is -2.48. The summed E-state index contributed by atoms with van der Waals surface area (Å²) in [5.41, 5.74) is 11.2. The number of fused-ring (bicyclic) bond motifs is 3. The van der Waals surface area contributed by atoms with Crippen LogP contribution in [0.3, 0.4) is 0 Å². The minimum Gasteiger partial charge on any atom is -0.496 e. The third-order valence-electron chi connectivity index (χ3n) is 9.07. The summed E-state index contributed by atoms with van der Waals surface area (Å²) in [6, 6.07) is 15.0. The number of aromatic nitrogens is 6. The van der Waals surface area contributed by atoms with Crippen LogP contribution in [-0.2, 0) is 44.6 Å². The Balaban J connectivity index is 1.15. The maximum Gasteiger partial charge on any atom is 0.219 e. The Morgan fingerprint density at radius 1 is 0.956 bits per heavy atom. The number of carbonyl (C=O) groups excluding carboxylic acids is 1.